The van der Waals surface area contributed by atoms with Crippen molar-refractivity contribution in [1.82, 2.24) is 9.55 Å². The highest BCUT2D eigenvalue weighted by Crippen LogP contribution is 2.16. The summed E-state index contributed by atoms with van der Waals surface area (Å²) in [5, 5.41) is 9.42. The molecule has 0 bridgehead atoms. The first kappa shape index (κ1) is 19.4. The molecule has 3 rings (SSSR count). The fraction of sp³-hybridized carbons (Fsp3) is 0.227. The van der Waals surface area contributed by atoms with Gasteiger partial charge in [-0.1, -0.05) is 30.3 Å². The lowest BCUT2D eigenvalue weighted by Crippen LogP contribution is -2.24. The van der Waals surface area contributed by atoms with Crippen molar-refractivity contribution in [3.8, 4) is 5.75 Å². The minimum Gasteiger partial charge on any atom is -0.494 e. The van der Waals surface area contributed by atoms with Crippen molar-refractivity contribution in [2.24, 2.45) is 0 Å². The van der Waals surface area contributed by atoms with E-state index in [1.165, 1.54) is 4.57 Å². The molecule has 0 fully saturated rings. The number of rotatable bonds is 8. The summed E-state index contributed by atoms with van der Waals surface area (Å²) in [6, 6.07) is 14.8. The molecule has 6 nitrogen and oxygen atoms in total. The van der Waals surface area contributed by atoms with Crippen LogP contribution in [0.25, 0.3) is 23.1 Å². The summed E-state index contributed by atoms with van der Waals surface area (Å²) in [6.45, 7) is 2.81. The maximum atomic E-state index is 12.9. The standard InChI is InChI=1S/C22H22N2O4/c1-2-28-17-8-5-7-16(15-17)12-13-20-23-19-10-4-3-9-18(19)22(27)24(20)14-6-11-21(25)26/h3-5,7-10,12-13,15H,2,6,11,14H2,1H3,(H,25,26)/b13-12+. The number of carboxylic acids is 1. The van der Waals surface area contributed by atoms with E-state index < -0.39 is 5.97 Å². The van der Waals surface area contributed by atoms with Crippen LogP contribution in [-0.2, 0) is 11.3 Å². The van der Waals surface area contributed by atoms with Crippen LogP contribution in [-0.4, -0.2) is 27.2 Å². The number of hydrogen-bond acceptors (Lipinski definition) is 4. The summed E-state index contributed by atoms with van der Waals surface area (Å²) < 4.78 is 7.05. The lowest BCUT2D eigenvalue weighted by atomic mass is 10.2. The van der Waals surface area contributed by atoms with E-state index in [2.05, 4.69) is 4.98 Å². The fourth-order valence-corrected chi connectivity index (χ4v) is 2.96. The number of para-hydroxylation sites is 1. The van der Waals surface area contributed by atoms with E-state index in [0.717, 1.165) is 11.3 Å². The zero-order chi connectivity index (χ0) is 19.9. The molecule has 0 saturated carbocycles. The van der Waals surface area contributed by atoms with E-state index in [9.17, 15) is 9.59 Å². The van der Waals surface area contributed by atoms with Crippen molar-refractivity contribution in [3.63, 3.8) is 0 Å². The van der Waals surface area contributed by atoms with E-state index in [1.54, 1.807) is 24.3 Å². The SMILES string of the molecule is CCOc1cccc(/C=C/c2nc3ccccc3c(=O)n2CCCC(=O)O)c1. The number of benzene rings is 2. The molecule has 0 radical (unpaired) electrons. The van der Waals surface area contributed by atoms with Crippen LogP contribution in [0.15, 0.2) is 53.3 Å². The van der Waals surface area contributed by atoms with Gasteiger partial charge >= 0.3 is 5.97 Å². The third kappa shape index (κ3) is 4.65. The molecule has 0 atom stereocenters. The van der Waals surface area contributed by atoms with Crippen LogP contribution >= 0.6 is 0 Å². The summed E-state index contributed by atoms with van der Waals surface area (Å²) in [5.41, 5.74) is 1.37. The van der Waals surface area contributed by atoms with E-state index in [1.807, 2.05) is 43.3 Å². The Hall–Kier alpha value is -3.41. The third-order valence-corrected chi connectivity index (χ3v) is 4.26. The van der Waals surface area contributed by atoms with Crippen LogP contribution in [0.4, 0.5) is 0 Å². The Labute approximate surface area is 162 Å². The van der Waals surface area contributed by atoms with Gasteiger partial charge in [0.05, 0.1) is 17.5 Å². The molecule has 0 spiro atoms. The Morgan fingerprint density at radius 1 is 1.18 bits per heavy atom. The third-order valence-electron chi connectivity index (χ3n) is 4.26. The van der Waals surface area contributed by atoms with Crippen LogP contribution in [0, 0.1) is 0 Å². The van der Waals surface area contributed by atoms with Gasteiger partial charge in [0.2, 0.25) is 0 Å². The van der Waals surface area contributed by atoms with Gasteiger partial charge in [0, 0.05) is 13.0 Å². The number of nitrogens with zero attached hydrogens (tertiary/aromatic N) is 2. The minimum absolute atomic E-state index is 0.00117. The molecule has 3 aromatic rings. The fourth-order valence-electron chi connectivity index (χ4n) is 2.96. The molecular formula is C22H22N2O4. The largest absolute Gasteiger partial charge is 0.494 e. The Morgan fingerprint density at radius 3 is 2.79 bits per heavy atom. The number of hydrogen-bond donors (Lipinski definition) is 1. The Bertz CT molecular complexity index is 1070. The molecule has 0 saturated heterocycles. The lowest BCUT2D eigenvalue weighted by Gasteiger charge is -2.11. The summed E-state index contributed by atoms with van der Waals surface area (Å²) in [4.78, 5) is 28.3. The molecular weight excluding hydrogens is 356 g/mol. The predicted octanol–water partition coefficient (Wildman–Crippen LogP) is 3.83. The number of aliphatic carboxylic acids is 1. The predicted molar refractivity (Wildman–Crippen MR) is 109 cm³/mol. The Balaban J connectivity index is 1.99. The lowest BCUT2D eigenvalue weighted by molar-refractivity contribution is -0.137. The summed E-state index contributed by atoms with van der Waals surface area (Å²) >= 11 is 0. The topological polar surface area (TPSA) is 81.4 Å². The van der Waals surface area contributed by atoms with Gasteiger partial charge < -0.3 is 9.84 Å². The number of ether oxygens (including phenoxy) is 1. The second kappa shape index (κ2) is 8.99. The molecule has 0 aliphatic carbocycles. The van der Waals surface area contributed by atoms with E-state index in [4.69, 9.17) is 9.84 Å². The van der Waals surface area contributed by atoms with Crippen molar-refractivity contribution in [3.05, 3.63) is 70.3 Å². The summed E-state index contributed by atoms with van der Waals surface area (Å²) in [7, 11) is 0. The zero-order valence-corrected chi connectivity index (χ0v) is 15.7. The number of carboxylic acid groups (broad SMARTS) is 1. The van der Waals surface area contributed by atoms with Crippen LogP contribution in [0.2, 0.25) is 0 Å². The van der Waals surface area contributed by atoms with Gasteiger partial charge in [-0.05, 0) is 49.2 Å². The molecule has 144 valence electrons. The van der Waals surface area contributed by atoms with Crippen molar-refractivity contribution in [2.75, 3.05) is 6.61 Å². The van der Waals surface area contributed by atoms with Crippen molar-refractivity contribution in [1.29, 1.82) is 0 Å². The van der Waals surface area contributed by atoms with Gasteiger partial charge in [0.1, 0.15) is 11.6 Å². The Morgan fingerprint density at radius 2 is 2.00 bits per heavy atom. The summed E-state index contributed by atoms with van der Waals surface area (Å²) in [6.07, 6.45) is 4.00. The van der Waals surface area contributed by atoms with Crippen molar-refractivity contribution in [2.45, 2.75) is 26.3 Å². The van der Waals surface area contributed by atoms with Gasteiger partial charge in [0.15, 0.2) is 0 Å². The van der Waals surface area contributed by atoms with Crippen LogP contribution in [0.5, 0.6) is 5.75 Å². The van der Waals surface area contributed by atoms with Crippen LogP contribution < -0.4 is 10.3 Å². The number of aromatic nitrogens is 2. The van der Waals surface area contributed by atoms with Gasteiger partial charge in [-0.15, -0.1) is 0 Å². The molecule has 28 heavy (non-hydrogen) atoms. The molecule has 1 N–H and O–H groups in total. The van der Waals surface area contributed by atoms with Gasteiger partial charge in [-0.25, -0.2) is 4.98 Å². The second-order valence-electron chi connectivity index (χ2n) is 6.28. The molecule has 1 heterocycles. The normalized spacial score (nSPS) is 11.2. The minimum atomic E-state index is -0.883. The van der Waals surface area contributed by atoms with Gasteiger partial charge in [0.25, 0.3) is 5.56 Å². The number of carbonyl (C=O) groups is 1. The first-order chi connectivity index (χ1) is 13.6. The molecule has 0 amide bonds. The van der Waals surface area contributed by atoms with Crippen molar-refractivity contribution < 1.29 is 14.6 Å². The van der Waals surface area contributed by atoms with Gasteiger partial charge in [-0.3, -0.25) is 14.2 Å². The summed E-state index contributed by atoms with van der Waals surface area (Å²) in [5.74, 6) is 0.387. The molecule has 6 heteroatoms. The smallest absolute Gasteiger partial charge is 0.303 e. The second-order valence-corrected chi connectivity index (χ2v) is 6.28. The highest BCUT2D eigenvalue weighted by molar-refractivity contribution is 5.79. The zero-order valence-electron chi connectivity index (χ0n) is 15.7. The van der Waals surface area contributed by atoms with Gasteiger partial charge in [-0.2, -0.15) is 0 Å². The quantitative estimate of drug-likeness (QED) is 0.644. The number of fused-ring (bicyclic) bond motifs is 1. The highest BCUT2D eigenvalue weighted by Gasteiger charge is 2.09. The maximum Gasteiger partial charge on any atom is 0.303 e. The first-order valence-electron chi connectivity index (χ1n) is 9.21. The molecule has 2 aromatic carbocycles. The first-order valence-corrected chi connectivity index (χ1v) is 9.21. The Kier molecular flexibility index (Phi) is 6.22. The van der Waals surface area contributed by atoms with E-state index in [-0.39, 0.29) is 12.0 Å². The van der Waals surface area contributed by atoms with Crippen LogP contribution in [0.1, 0.15) is 31.2 Å². The molecule has 1 aromatic heterocycles. The molecule has 0 unspecified atom stereocenters. The van der Waals surface area contributed by atoms with Crippen LogP contribution in [0.3, 0.4) is 0 Å². The van der Waals surface area contributed by atoms with Crippen molar-refractivity contribution >= 4 is 29.0 Å². The molecule has 0 aliphatic rings. The average Bonchev–Trinajstić information content (AvgIpc) is 2.69. The van der Waals surface area contributed by atoms with E-state index >= 15 is 0 Å². The van der Waals surface area contributed by atoms with E-state index in [0.29, 0.717) is 36.3 Å². The maximum absolute atomic E-state index is 12.9. The molecule has 0 aliphatic heterocycles. The highest BCUT2D eigenvalue weighted by atomic mass is 16.5. The average molecular weight is 378 g/mol. The monoisotopic (exact) mass is 378 g/mol.